The highest BCUT2D eigenvalue weighted by Crippen LogP contribution is 2.27. The number of likely N-dealkylation sites (tertiary alicyclic amines) is 1. The summed E-state index contributed by atoms with van der Waals surface area (Å²) in [6.07, 6.45) is 0. The van der Waals surface area contributed by atoms with Crippen molar-refractivity contribution in [2.75, 3.05) is 13.1 Å². The Bertz CT molecular complexity index is 570. The molecular formula is C16H20FNO4. The molecule has 2 rings (SSSR count). The van der Waals surface area contributed by atoms with Gasteiger partial charge in [-0.3, -0.25) is 9.59 Å². The van der Waals surface area contributed by atoms with Crippen LogP contribution in [-0.2, 0) is 9.59 Å². The number of carbonyl (C=O) groups excluding carboxylic acids is 1. The van der Waals surface area contributed by atoms with E-state index in [-0.39, 0.29) is 24.2 Å². The molecule has 0 spiro atoms. The highest BCUT2D eigenvalue weighted by molar-refractivity contribution is 5.86. The van der Waals surface area contributed by atoms with Crippen molar-refractivity contribution >= 4 is 11.9 Å². The zero-order valence-electron chi connectivity index (χ0n) is 12.9. The van der Waals surface area contributed by atoms with Crippen molar-refractivity contribution in [3.63, 3.8) is 0 Å². The fourth-order valence-electron chi connectivity index (χ4n) is 2.68. The maximum absolute atomic E-state index is 12.9. The minimum atomic E-state index is -1.15. The minimum Gasteiger partial charge on any atom is -0.481 e. The van der Waals surface area contributed by atoms with Gasteiger partial charge in [0.05, 0.1) is 5.92 Å². The largest absolute Gasteiger partial charge is 0.481 e. The molecule has 1 amide bonds. The van der Waals surface area contributed by atoms with Crippen molar-refractivity contribution < 1.29 is 23.8 Å². The summed E-state index contributed by atoms with van der Waals surface area (Å²) in [7, 11) is 0. The summed E-state index contributed by atoms with van der Waals surface area (Å²) in [5, 5.41) is 9.14. The Kier molecular flexibility index (Phi) is 4.39. The molecule has 0 aliphatic carbocycles. The van der Waals surface area contributed by atoms with Crippen molar-refractivity contribution in [1.82, 2.24) is 4.90 Å². The standard InChI is InChI=1S/C16H20FNO4/c1-10-8-18(9-13(10)14(19)20)15(21)16(2,3)22-12-6-4-11(17)5-7-12/h4-7,10,13H,8-9H2,1-3H3,(H,19,20)/t10-,13-/m1/s1. The SMILES string of the molecule is C[C@@H]1CN(C(=O)C(C)(C)Oc2ccc(F)cc2)C[C@H]1C(=O)O. The third-order valence-electron chi connectivity index (χ3n) is 3.92. The number of aliphatic carboxylic acids is 1. The van der Waals surface area contributed by atoms with Crippen LogP contribution >= 0.6 is 0 Å². The van der Waals surface area contributed by atoms with E-state index in [1.54, 1.807) is 13.8 Å². The van der Waals surface area contributed by atoms with E-state index >= 15 is 0 Å². The van der Waals surface area contributed by atoms with Gasteiger partial charge in [0.1, 0.15) is 11.6 Å². The normalized spacial score (nSPS) is 21.7. The topological polar surface area (TPSA) is 66.8 Å². The number of hydrogen-bond acceptors (Lipinski definition) is 3. The smallest absolute Gasteiger partial charge is 0.308 e. The predicted molar refractivity (Wildman–Crippen MR) is 78.0 cm³/mol. The number of carbonyl (C=O) groups is 2. The number of amides is 1. The van der Waals surface area contributed by atoms with Gasteiger partial charge >= 0.3 is 5.97 Å². The number of hydrogen-bond donors (Lipinski definition) is 1. The van der Waals surface area contributed by atoms with Gasteiger partial charge in [0.25, 0.3) is 5.91 Å². The Morgan fingerprint density at radius 3 is 2.36 bits per heavy atom. The average molecular weight is 309 g/mol. The van der Waals surface area contributed by atoms with Crippen LogP contribution in [0.25, 0.3) is 0 Å². The van der Waals surface area contributed by atoms with Gasteiger partial charge < -0.3 is 14.7 Å². The maximum Gasteiger partial charge on any atom is 0.308 e. The van der Waals surface area contributed by atoms with Gasteiger partial charge in [0.15, 0.2) is 5.60 Å². The Morgan fingerprint density at radius 1 is 1.27 bits per heavy atom. The molecule has 1 aliphatic rings. The Hall–Kier alpha value is -2.11. The van der Waals surface area contributed by atoms with E-state index in [2.05, 4.69) is 0 Å². The molecule has 1 aromatic carbocycles. The number of carboxylic acids is 1. The summed E-state index contributed by atoms with van der Waals surface area (Å²) >= 11 is 0. The van der Waals surface area contributed by atoms with Crippen LogP contribution in [0.15, 0.2) is 24.3 Å². The number of rotatable bonds is 4. The molecule has 1 fully saturated rings. The number of nitrogens with zero attached hydrogens (tertiary/aromatic N) is 1. The maximum atomic E-state index is 12.9. The van der Waals surface area contributed by atoms with Crippen LogP contribution in [0.3, 0.4) is 0 Å². The lowest BCUT2D eigenvalue weighted by Crippen LogP contribution is -2.48. The number of carboxylic acid groups (broad SMARTS) is 1. The summed E-state index contributed by atoms with van der Waals surface area (Å²) in [5.74, 6) is -1.79. The molecule has 0 radical (unpaired) electrons. The lowest BCUT2D eigenvalue weighted by molar-refractivity contribution is -0.145. The van der Waals surface area contributed by atoms with Gasteiger partial charge in [0, 0.05) is 13.1 Å². The fourth-order valence-corrected chi connectivity index (χ4v) is 2.68. The van der Waals surface area contributed by atoms with Gasteiger partial charge in [-0.15, -0.1) is 0 Å². The van der Waals surface area contributed by atoms with Gasteiger partial charge in [-0.05, 0) is 44.0 Å². The predicted octanol–water partition coefficient (Wildman–Crippen LogP) is 2.16. The Balaban J connectivity index is 2.07. The second kappa shape index (κ2) is 5.94. The molecule has 1 aliphatic heterocycles. The molecule has 1 heterocycles. The molecule has 120 valence electrons. The first-order valence-electron chi connectivity index (χ1n) is 7.17. The van der Waals surface area contributed by atoms with Gasteiger partial charge in [-0.2, -0.15) is 0 Å². The Morgan fingerprint density at radius 2 is 1.86 bits per heavy atom. The van der Waals surface area contributed by atoms with Crippen molar-refractivity contribution in [2.24, 2.45) is 11.8 Å². The molecule has 0 aromatic heterocycles. The lowest BCUT2D eigenvalue weighted by Gasteiger charge is -2.30. The third kappa shape index (κ3) is 3.37. The lowest BCUT2D eigenvalue weighted by atomic mass is 9.99. The molecule has 1 N–H and O–H groups in total. The first kappa shape index (κ1) is 16.3. The molecule has 1 aromatic rings. The van der Waals surface area contributed by atoms with Crippen molar-refractivity contribution in [1.29, 1.82) is 0 Å². The van der Waals surface area contributed by atoms with Crippen molar-refractivity contribution in [3.05, 3.63) is 30.1 Å². The Labute approximate surface area is 128 Å². The van der Waals surface area contributed by atoms with Gasteiger partial charge in [0.2, 0.25) is 0 Å². The van der Waals surface area contributed by atoms with Crippen molar-refractivity contribution in [3.8, 4) is 5.75 Å². The molecule has 0 unspecified atom stereocenters. The minimum absolute atomic E-state index is 0.0944. The molecule has 0 bridgehead atoms. The summed E-state index contributed by atoms with van der Waals surface area (Å²) in [4.78, 5) is 25.3. The first-order valence-corrected chi connectivity index (χ1v) is 7.17. The number of benzene rings is 1. The summed E-state index contributed by atoms with van der Waals surface area (Å²) < 4.78 is 18.6. The fraction of sp³-hybridized carbons (Fsp3) is 0.500. The van der Waals surface area contributed by atoms with Crippen LogP contribution in [0, 0.1) is 17.7 Å². The van der Waals surface area contributed by atoms with Crippen LogP contribution in [-0.4, -0.2) is 40.6 Å². The average Bonchev–Trinajstić information content (AvgIpc) is 2.82. The van der Waals surface area contributed by atoms with E-state index < -0.39 is 17.5 Å². The molecule has 6 heteroatoms. The van der Waals surface area contributed by atoms with E-state index in [1.807, 2.05) is 6.92 Å². The molecule has 2 atom stereocenters. The van der Waals surface area contributed by atoms with Crippen LogP contribution in [0.2, 0.25) is 0 Å². The first-order chi connectivity index (χ1) is 10.2. The molecule has 5 nitrogen and oxygen atoms in total. The van der Waals surface area contributed by atoms with Crippen LogP contribution in [0.4, 0.5) is 4.39 Å². The molecule has 22 heavy (non-hydrogen) atoms. The van der Waals surface area contributed by atoms with Gasteiger partial charge in [-0.1, -0.05) is 6.92 Å². The molecular weight excluding hydrogens is 289 g/mol. The monoisotopic (exact) mass is 309 g/mol. The highest BCUT2D eigenvalue weighted by atomic mass is 19.1. The van der Waals surface area contributed by atoms with E-state index in [0.717, 1.165) is 0 Å². The quantitative estimate of drug-likeness (QED) is 0.925. The van der Waals surface area contributed by atoms with E-state index in [9.17, 15) is 14.0 Å². The third-order valence-corrected chi connectivity index (χ3v) is 3.92. The zero-order valence-corrected chi connectivity index (χ0v) is 12.9. The van der Waals surface area contributed by atoms with Crippen molar-refractivity contribution in [2.45, 2.75) is 26.4 Å². The second-order valence-electron chi connectivity index (χ2n) is 6.20. The summed E-state index contributed by atoms with van der Waals surface area (Å²) in [6, 6.07) is 5.43. The summed E-state index contributed by atoms with van der Waals surface area (Å²) in [6.45, 7) is 5.65. The molecule has 1 saturated heterocycles. The van der Waals surface area contributed by atoms with E-state index in [1.165, 1.54) is 29.2 Å². The highest BCUT2D eigenvalue weighted by Gasteiger charge is 2.42. The summed E-state index contributed by atoms with van der Waals surface area (Å²) in [5.41, 5.74) is -1.15. The number of halogens is 1. The van der Waals surface area contributed by atoms with Crippen LogP contribution in [0.1, 0.15) is 20.8 Å². The van der Waals surface area contributed by atoms with E-state index in [0.29, 0.717) is 12.3 Å². The van der Waals surface area contributed by atoms with Crippen LogP contribution in [0.5, 0.6) is 5.75 Å². The second-order valence-corrected chi connectivity index (χ2v) is 6.20. The number of ether oxygens (including phenoxy) is 1. The zero-order chi connectivity index (χ0) is 16.5. The van der Waals surface area contributed by atoms with E-state index in [4.69, 9.17) is 9.84 Å². The van der Waals surface area contributed by atoms with Crippen LogP contribution < -0.4 is 4.74 Å². The molecule has 0 saturated carbocycles. The van der Waals surface area contributed by atoms with Gasteiger partial charge in [-0.25, -0.2) is 4.39 Å².